The van der Waals surface area contributed by atoms with Gasteiger partial charge in [0, 0.05) is 21.9 Å². The van der Waals surface area contributed by atoms with Crippen molar-refractivity contribution in [3.8, 4) is 0 Å². The van der Waals surface area contributed by atoms with Crippen LogP contribution in [0.2, 0.25) is 0 Å². The quantitative estimate of drug-likeness (QED) is 0.876. The molecule has 1 saturated carbocycles. The molecule has 1 fully saturated rings. The van der Waals surface area contributed by atoms with Crippen LogP contribution in [0.3, 0.4) is 0 Å². The fourth-order valence-corrected chi connectivity index (χ4v) is 3.77. The van der Waals surface area contributed by atoms with Gasteiger partial charge in [-0.25, -0.2) is 0 Å². The Morgan fingerprint density at radius 1 is 1.53 bits per heavy atom. The summed E-state index contributed by atoms with van der Waals surface area (Å²) in [6.45, 7) is 3.34. The maximum Gasteiger partial charge on any atom is 0.0327 e. The highest BCUT2D eigenvalue weighted by atomic mass is 79.9. The molecule has 1 aromatic rings. The summed E-state index contributed by atoms with van der Waals surface area (Å²) in [5.74, 6) is 0.906. The Hall–Kier alpha value is 0.140. The van der Waals surface area contributed by atoms with E-state index >= 15 is 0 Å². The fourth-order valence-electron chi connectivity index (χ4n) is 2.33. The minimum atomic E-state index is 0.668. The molecule has 15 heavy (non-hydrogen) atoms. The van der Waals surface area contributed by atoms with Crippen LogP contribution in [0.25, 0.3) is 0 Å². The second-order valence-corrected chi connectivity index (χ2v) is 6.26. The maximum absolute atomic E-state index is 3.65. The van der Waals surface area contributed by atoms with Crippen molar-refractivity contribution in [1.29, 1.82) is 0 Å². The van der Waals surface area contributed by atoms with Gasteiger partial charge in [0.05, 0.1) is 0 Å². The van der Waals surface area contributed by atoms with E-state index in [1.807, 2.05) is 11.3 Å². The molecule has 1 heterocycles. The van der Waals surface area contributed by atoms with E-state index in [2.05, 4.69) is 39.6 Å². The Labute approximate surface area is 104 Å². The van der Waals surface area contributed by atoms with E-state index in [4.69, 9.17) is 0 Å². The summed E-state index contributed by atoms with van der Waals surface area (Å²) in [5, 5.41) is 5.79. The standard InChI is InChI=1S/C12H18BrNS/c1-9(10-4-2-3-5-10)14-8-12-11(13)6-7-15-12/h6-7,9-10,14H,2-5,8H2,1H3/t9-/m0/s1. The molecule has 2 rings (SSSR count). The van der Waals surface area contributed by atoms with Gasteiger partial charge in [-0.3, -0.25) is 0 Å². The third-order valence-electron chi connectivity index (χ3n) is 3.38. The third kappa shape index (κ3) is 3.05. The molecular weight excluding hydrogens is 270 g/mol. The molecular formula is C12H18BrNS. The summed E-state index contributed by atoms with van der Waals surface area (Å²) in [5.41, 5.74) is 0. The minimum absolute atomic E-state index is 0.668. The Kier molecular flexibility index (Phi) is 4.23. The lowest BCUT2D eigenvalue weighted by Crippen LogP contribution is -2.31. The second kappa shape index (κ2) is 5.46. The molecule has 0 saturated heterocycles. The predicted molar refractivity (Wildman–Crippen MR) is 70.3 cm³/mol. The van der Waals surface area contributed by atoms with Crippen molar-refractivity contribution in [2.75, 3.05) is 0 Å². The van der Waals surface area contributed by atoms with E-state index in [0.717, 1.165) is 12.5 Å². The molecule has 0 aromatic carbocycles. The van der Waals surface area contributed by atoms with Gasteiger partial charge >= 0.3 is 0 Å². The number of rotatable bonds is 4. The van der Waals surface area contributed by atoms with Crippen LogP contribution in [0.1, 0.15) is 37.5 Å². The van der Waals surface area contributed by atoms with Gasteiger partial charge in [0.2, 0.25) is 0 Å². The summed E-state index contributed by atoms with van der Waals surface area (Å²) in [6.07, 6.45) is 5.69. The van der Waals surface area contributed by atoms with E-state index < -0.39 is 0 Å². The van der Waals surface area contributed by atoms with Crippen LogP contribution < -0.4 is 5.32 Å². The summed E-state index contributed by atoms with van der Waals surface area (Å²) in [6, 6.07) is 2.79. The van der Waals surface area contributed by atoms with Crippen LogP contribution in [0.5, 0.6) is 0 Å². The second-order valence-electron chi connectivity index (χ2n) is 4.41. The van der Waals surface area contributed by atoms with Crippen molar-refractivity contribution in [2.24, 2.45) is 5.92 Å². The van der Waals surface area contributed by atoms with E-state index in [-0.39, 0.29) is 0 Å². The molecule has 1 aliphatic carbocycles. The highest BCUT2D eigenvalue weighted by Crippen LogP contribution is 2.28. The van der Waals surface area contributed by atoms with Crippen molar-refractivity contribution in [2.45, 2.75) is 45.2 Å². The minimum Gasteiger partial charge on any atom is -0.309 e. The van der Waals surface area contributed by atoms with Gasteiger partial charge in [-0.2, -0.15) is 0 Å². The van der Waals surface area contributed by atoms with Crippen LogP contribution >= 0.6 is 27.3 Å². The Bertz CT molecular complexity index is 304. The first-order chi connectivity index (χ1) is 7.27. The molecule has 3 heteroatoms. The van der Waals surface area contributed by atoms with Crippen LogP contribution in [0.15, 0.2) is 15.9 Å². The molecule has 0 spiro atoms. The first-order valence-corrected chi connectivity index (χ1v) is 7.40. The molecule has 0 aliphatic heterocycles. The number of halogens is 1. The van der Waals surface area contributed by atoms with Gasteiger partial charge < -0.3 is 5.32 Å². The molecule has 1 nitrogen and oxygen atoms in total. The number of hydrogen-bond acceptors (Lipinski definition) is 2. The van der Waals surface area contributed by atoms with Gasteiger partial charge in [-0.05, 0) is 53.1 Å². The average Bonchev–Trinajstić information content (AvgIpc) is 2.85. The van der Waals surface area contributed by atoms with Crippen molar-refractivity contribution in [3.63, 3.8) is 0 Å². The van der Waals surface area contributed by atoms with Gasteiger partial charge in [0.15, 0.2) is 0 Å². The van der Waals surface area contributed by atoms with E-state index in [0.29, 0.717) is 6.04 Å². The van der Waals surface area contributed by atoms with Crippen LogP contribution in [-0.4, -0.2) is 6.04 Å². The zero-order chi connectivity index (χ0) is 10.7. The molecule has 0 unspecified atom stereocenters. The van der Waals surface area contributed by atoms with Crippen LogP contribution in [0, 0.1) is 5.92 Å². The zero-order valence-corrected chi connectivity index (χ0v) is 11.5. The molecule has 1 atom stereocenters. The first kappa shape index (κ1) is 11.6. The summed E-state index contributed by atoms with van der Waals surface area (Å²) < 4.78 is 1.25. The number of thiophene rings is 1. The van der Waals surface area contributed by atoms with Gasteiger partial charge in [-0.1, -0.05) is 12.8 Å². The normalized spacial score (nSPS) is 19.6. The van der Waals surface area contributed by atoms with E-state index in [1.54, 1.807) is 0 Å². The zero-order valence-electron chi connectivity index (χ0n) is 9.13. The SMILES string of the molecule is C[C@H](NCc1sccc1Br)C1CCCC1. The molecule has 0 bridgehead atoms. The van der Waals surface area contributed by atoms with Gasteiger partial charge in [0.25, 0.3) is 0 Å². The molecule has 0 amide bonds. The van der Waals surface area contributed by atoms with Crippen molar-refractivity contribution < 1.29 is 0 Å². The van der Waals surface area contributed by atoms with Crippen LogP contribution in [0.4, 0.5) is 0 Å². The van der Waals surface area contributed by atoms with Crippen molar-refractivity contribution >= 4 is 27.3 Å². The summed E-state index contributed by atoms with van der Waals surface area (Å²) in [4.78, 5) is 1.42. The maximum atomic E-state index is 3.65. The Morgan fingerprint density at radius 3 is 2.87 bits per heavy atom. The average molecular weight is 288 g/mol. The number of hydrogen-bond donors (Lipinski definition) is 1. The highest BCUT2D eigenvalue weighted by Gasteiger charge is 2.21. The molecule has 0 radical (unpaired) electrons. The van der Waals surface area contributed by atoms with Gasteiger partial charge in [-0.15, -0.1) is 11.3 Å². The highest BCUT2D eigenvalue weighted by molar-refractivity contribution is 9.10. The van der Waals surface area contributed by atoms with E-state index in [9.17, 15) is 0 Å². The number of nitrogens with one attached hydrogen (secondary N) is 1. The largest absolute Gasteiger partial charge is 0.309 e. The lowest BCUT2D eigenvalue weighted by molar-refractivity contribution is 0.381. The predicted octanol–water partition coefficient (Wildman–Crippen LogP) is 4.18. The monoisotopic (exact) mass is 287 g/mol. The Balaban J connectivity index is 1.80. The lowest BCUT2D eigenvalue weighted by atomic mass is 10.00. The smallest absolute Gasteiger partial charge is 0.0327 e. The summed E-state index contributed by atoms with van der Waals surface area (Å²) >= 11 is 5.40. The van der Waals surface area contributed by atoms with Crippen molar-refractivity contribution in [1.82, 2.24) is 5.32 Å². The molecule has 1 aromatic heterocycles. The van der Waals surface area contributed by atoms with Crippen molar-refractivity contribution in [3.05, 3.63) is 20.8 Å². The van der Waals surface area contributed by atoms with Crippen LogP contribution in [-0.2, 0) is 6.54 Å². The topological polar surface area (TPSA) is 12.0 Å². The fraction of sp³-hybridized carbons (Fsp3) is 0.667. The summed E-state index contributed by atoms with van der Waals surface area (Å²) in [7, 11) is 0. The third-order valence-corrected chi connectivity index (χ3v) is 5.31. The Morgan fingerprint density at radius 2 is 2.27 bits per heavy atom. The molecule has 1 N–H and O–H groups in total. The van der Waals surface area contributed by atoms with E-state index in [1.165, 1.54) is 35.0 Å². The molecule has 1 aliphatic rings. The first-order valence-electron chi connectivity index (χ1n) is 5.72. The van der Waals surface area contributed by atoms with Gasteiger partial charge in [0.1, 0.15) is 0 Å². The lowest BCUT2D eigenvalue weighted by Gasteiger charge is -2.20. The molecule has 84 valence electrons.